The molecule has 3 rings (SSSR count). The van der Waals surface area contributed by atoms with Crippen molar-refractivity contribution in [1.82, 2.24) is 4.90 Å². The van der Waals surface area contributed by atoms with Crippen LogP contribution in [0.5, 0.6) is 0 Å². The zero-order chi connectivity index (χ0) is 16.4. The van der Waals surface area contributed by atoms with Crippen molar-refractivity contribution in [1.29, 1.82) is 0 Å². The second-order valence-corrected chi connectivity index (χ2v) is 7.06. The standard InChI is InChI=1S/C19H20ClNOS/c1-13-15-7-4-3-6-14(15)10-11-21(13)19(22)12-16-17(20)8-5-9-18(16)23-2/h3-9,13H,10-12H2,1-2H3/t13-/m0/s1. The first-order valence-corrected chi connectivity index (χ1v) is 9.40. The van der Waals surface area contributed by atoms with Crippen LogP contribution in [0.1, 0.15) is 29.7 Å². The number of carbonyl (C=O) groups excluding carboxylic acids is 1. The van der Waals surface area contributed by atoms with E-state index in [0.29, 0.717) is 11.4 Å². The van der Waals surface area contributed by atoms with E-state index in [4.69, 9.17) is 11.6 Å². The molecule has 1 aliphatic heterocycles. The molecule has 2 nitrogen and oxygen atoms in total. The van der Waals surface area contributed by atoms with Crippen molar-refractivity contribution in [3.05, 3.63) is 64.2 Å². The number of hydrogen-bond acceptors (Lipinski definition) is 2. The molecule has 1 aliphatic rings. The highest BCUT2D eigenvalue weighted by molar-refractivity contribution is 7.98. The van der Waals surface area contributed by atoms with E-state index in [2.05, 4.69) is 25.1 Å². The molecular formula is C19H20ClNOS. The van der Waals surface area contributed by atoms with Gasteiger partial charge in [-0.25, -0.2) is 0 Å². The Hall–Kier alpha value is -1.45. The van der Waals surface area contributed by atoms with E-state index in [9.17, 15) is 4.79 Å². The first-order chi connectivity index (χ1) is 11.1. The van der Waals surface area contributed by atoms with Crippen molar-refractivity contribution in [3.63, 3.8) is 0 Å². The molecule has 120 valence electrons. The summed E-state index contributed by atoms with van der Waals surface area (Å²) in [6.45, 7) is 2.88. The zero-order valence-corrected chi connectivity index (χ0v) is 15.0. The first-order valence-electron chi connectivity index (χ1n) is 7.80. The third-order valence-electron chi connectivity index (χ3n) is 4.54. The number of halogens is 1. The number of carbonyl (C=O) groups is 1. The fourth-order valence-corrected chi connectivity index (χ4v) is 4.21. The highest BCUT2D eigenvalue weighted by Crippen LogP contribution is 2.32. The minimum Gasteiger partial charge on any atom is -0.335 e. The van der Waals surface area contributed by atoms with Gasteiger partial charge in [0.15, 0.2) is 0 Å². The van der Waals surface area contributed by atoms with Gasteiger partial charge in [0.2, 0.25) is 5.91 Å². The van der Waals surface area contributed by atoms with Gasteiger partial charge in [-0.15, -0.1) is 11.8 Å². The van der Waals surface area contributed by atoms with Gasteiger partial charge < -0.3 is 4.90 Å². The number of amides is 1. The van der Waals surface area contributed by atoms with Gasteiger partial charge in [-0.1, -0.05) is 41.9 Å². The monoisotopic (exact) mass is 345 g/mol. The quantitative estimate of drug-likeness (QED) is 0.748. The highest BCUT2D eigenvalue weighted by atomic mass is 35.5. The van der Waals surface area contributed by atoms with E-state index >= 15 is 0 Å². The molecule has 23 heavy (non-hydrogen) atoms. The first kappa shape index (κ1) is 16.4. The molecule has 1 atom stereocenters. The summed E-state index contributed by atoms with van der Waals surface area (Å²) < 4.78 is 0. The maximum Gasteiger partial charge on any atom is 0.227 e. The van der Waals surface area contributed by atoms with Gasteiger partial charge in [-0.2, -0.15) is 0 Å². The average Bonchev–Trinajstić information content (AvgIpc) is 2.57. The maximum absolute atomic E-state index is 12.9. The highest BCUT2D eigenvalue weighted by Gasteiger charge is 2.27. The van der Waals surface area contributed by atoms with Crippen molar-refractivity contribution in [2.45, 2.75) is 30.7 Å². The number of hydrogen-bond donors (Lipinski definition) is 0. The minimum atomic E-state index is 0.118. The largest absolute Gasteiger partial charge is 0.335 e. The Bertz CT molecular complexity index is 731. The molecule has 1 heterocycles. The van der Waals surface area contributed by atoms with Crippen LogP contribution < -0.4 is 0 Å². The number of nitrogens with zero attached hydrogens (tertiary/aromatic N) is 1. The van der Waals surface area contributed by atoms with Crippen LogP contribution in [-0.2, 0) is 17.6 Å². The number of rotatable bonds is 3. The minimum absolute atomic E-state index is 0.118. The van der Waals surface area contributed by atoms with E-state index < -0.39 is 0 Å². The summed E-state index contributed by atoms with van der Waals surface area (Å²) in [7, 11) is 0. The molecule has 1 amide bonds. The Morgan fingerprint density at radius 3 is 2.83 bits per heavy atom. The van der Waals surface area contributed by atoms with Crippen molar-refractivity contribution >= 4 is 29.3 Å². The van der Waals surface area contributed by atoms with Crippen molar-refractivity contribution < 1.29 is 4.79 Å². The van der Waals surface area contributed by atoms with E-state index in [1.807, 2.05) is 35.4 Å². The third kappa shape index (κ3) is 3.26. The molecule has 0 saturated heterocycles. The maximum atomic E-state index is 12.9. The smallest absolute Gasteiger partial charge is 0.227 e. The van der Waals surface area contributed by atoms with Gasteiger partial charge in [0.1, 0.15) is 0 Å². The lowest BCUT2D eigenvalue weighted by Gasteiger charge is -2.35. The van der Waals surface area contributed by atoms with Gasteiger partial charge in [0, 0.05) is 16.5 Å². The summed E-state index contributed by atoms with van der Waals surface area (Å²) in [5.41, 5.74) is 3.56. The SMILES string of the molecule is CSc1cccc(Cl)c1CC(=O)N1CCc2ccccc2[C@@H]1C. The third-order valence-corrected chi connectivity index (χ3v) is 5.72. The summed E-state index contributed by atoms with van der Waals surface area (Å²) in [4.78, 5) is 15.9. The summed E-state index contributed by atoms with van der Waals surface area (Å²) in [5, 5.41) is 0.676. The molecule has 0 saturated carbocycles. The molecule has 2 aromatic carbocycles. The number of benzene rings is 2. The average molecular weight is 346 g/mol. The Labute approximate surface area is 146 Å². The van der Waals surface area contributed by atoms with E-state index in [1.165, 1.54) is 11.1 Å². The number of thioether (sulfide) groups is 1. The molecular weight excluding hydrogens is 326 g/mol. The molecule has 0 aliphatic carbocycles. The van der Waals surface area contributed by atoms with Gasteiger partial charge >= 0.3 is 0 Å². The van der Waals surface area contributed by atoms with Crippen LogP contribution in [0.2, 0.25) is 5.02 Å². The fourth-order valence-electron chi connectivity index (χ4n) is 3.27. The molecule has 0 aromatic heterocycles. The predicted octanol–water partition coefficient (Wildman–Crippen LogP) is 4.75. The molecule has 0 N–H and O–H groups in total. The lowest BCUT2D eigenvalue weighted by Crippen LogP contribution is -2.39. The Kier molecular flexibility index (Phi) is 4.98. The summed E-state index contributed by atoms with van der Waals surface area (Å²) in [6.07, 6.45) is 3.30. The van der Waals surface area contributed by atoms with Crippen LogP contribution in [0.15, 0.2) is 47.4 Å². The van der Waals surface area contributed by atoms with Crippen LogP contribution in [0.4, 0.5) is 0 Å². The zero-order valence-electron chi connectivity index (χ0n) is 13.4. The van der Waals surface area contributed by atoms with Crippen LogP contribution in [0.25, 0.3) is 0 Å². The second-order valence-electron chi connectivity index (χ2n) is 5.81. The topological polar surface area (TPSA) is 20.3 Å². The van der Waals surface area contributed by atoms with Gasteiger partial charge in [0.25, 0.3) is 0 Å². The van der Waals surface area contributed by atoms with E-state index in [-0.39, 0.29) is 11.9 Å². The van der Waals surface area contributed by atoms with E-state index in [1.54, 1.807) is 11.8 Å². The molecule has 2 aromatic rings. The van der Waals surface area contributed by atoms with Gasteiger partial charge in [-0.05, 0) is 48.4 Å². The Morgan fingerprint density at radius 1 is 1.26 bits per heavy atom. The Balaban J connectivity index is 1.83. The van der Waals surface area contributed by atoms with E-state index in [0.717, 1.165) is 23.4 Å². The molecule has 4 heteroatoms. The molecule has 0 unspecified atom stereocenters. The van der Waals surface area contributed by atoms with Crippen LogP contribution in [0, 0.1) is 0 Å². The predicted molar refractivity (Wildman–Crippen MR) is 97.2 cm³/mol. The molecule has 0 fully saturated rings. The summed E-state index contributed by atoms with van der Waals surface area (Å²) in [5.74, 6) is 0.149. The lowest BCUT2D eigenvalue weighted by atomic mass is 9.93. The van der Waals surface area contributed by atoms with Crippen LogP contribution in [0.3, 0.4) is 0 Å². The molecule has 0 bridgehead atoms. The number of fused-ring (bicyclic) bond motifs is 1. The fraction of sp³-hybridized carbons (Fsp3) is 0.316. The second kappa shape index (κ2) is 6.98. The van der Waals surface area contributed by atoms with Crippen molar-refractivity contribution in [3.8, 4) is 0 Å². The Morgan fingerprint density at radius 2 is 2.04 bits per heavy atom. The van der Waals surface area contributed by atoms with Crippen LogP contribution >= 0.6 is 23.4 Å². The summed E-state index contributed by atoms with van der Waals surface area (Å²) >= 11 is 7.96. The normalized spacial score (nSPS) is 17.0. The van der Waals surface area contributed by atoms with Gasteiger partial charge in [-0.3, -0.25) is 4.79 Å². The lowest BCUT2D eigenvalue weighted by molar-refractivity contribution is -0.133. The molecule has 0 radical (unpaired) electrons. The van der Waals surface area contributed by atoms with Gasteiger partial charge in [0.05, 0.1) is 12.5 Å². The molecule has 0 spiro atoms. The van der Waals surface area contributed by atoms with Crippen molar-refractivity contribution in [2.24, 2.45) is 0 Å². The summed E-state index contributed by atoms with van der Waals surface area (Å²) in [6, 6.07) is 14.3. The van der Waals surface area contributed by atoms with Crippen molar-refractivity contribution in [2.75, 3.05) is 12.8 Å². The van der Waals surface area contributed by atoms with Crippen LogP contribution in [-0.4, -0.2) is 23.6 Å².